The molecule has 1 aromatic heterocycles. The summed E-state index contributed by atoms with van der Waals surface area (Å²) in [7, 11) is -3.38. The molecule has 2 N–H and O–H groups in total. The maximum atomic E-state index is 11.8. The number of nitrogens with one attached hydrogen (secondary N) is 1. The quantitative estimate of drug-likeness (QED) is 0.695. The lowest BCUT2D eigenvalue weighted by Gasteiger charge is -2.05. The number of thiophene rings is 1. The van der Waals surface area contributed by atoms with Crippen LogP contribution in [0.3, 0.4) is 0 Å². The molecule has 0 aliphatic rings. The summed E-state index contributed by atoms with van der Waals surface area (Å²) in [5.74, 6) is 1.56. The van der Waals surface area contributed by atoms with Crippen LogP contribution in [0.25, 0.3) is 0 Å². The van der Waals surface area contributed by atoms with Gasteiger partial charge in [0.15, 0.2) is 0 Å². The van der Waals surface area contributed by atoms with E-state index in [1.165, 1.54) is 11.3 Å². The molecule has 0 bridgehead atoms. The fourth-order valence-electron chi connectivity index (χ4n) is 1.05. The predicted octanol–water partition coefficient (Wildman–Crippen LogP) is 1.90. The maximum absolute atomic E-state index is 11.8. The third-order valence-electron chi connectivity index (χ3n) is 1.81. The van der Waals surface area contributed by atoms with Crippen molar-refractivity contribution in [2.45, 2.75) is 10.6 Å². The number of aliphatic hydroxyl groups is 1. The van der Waals surface area contributed by atoms with E-state index in [4.69, 9.17) is 5.11 Å². The Kier molecular flexibility index (Phi) is 7.05. The Hall–Kier alpha value is 0.400. The summed E-state index contributed by atoms with van der Waals surface area (Å²) in [4.78, 5) is 0. The second-order valence-electron chi connectivity index (χ2n) is 3.14. The van der Waals surface area contributed by atoms with Crippen molar-refractivity contribution in [2.24, 2.45) is 0 Å². The fraction of sp³-hybridized carbons (Fsp3) is 0.556. The summed E-state index contributed by atoms with van der Waals surface area (Å²) in [6.07, 6.45) is 0.744. The van der Waals surface area contributed by atoms with Gasteiger partial charge in [-0.15, -0.1) is 11.3 Å². The van der Waals surface area contributed by atoms with Gasteiger partial charge in [0, 0.05) is 23.4 Å². The summed E-state index contributed by atoms with van der Waals surface area (Å²) < 4.78 is 27.1. The molecule has 0 aliphatic heterocycles. The lowest BCUT2D eigenvalue weighted by atomic mass is 10.5. The van der Waals surface area contributed by atoms with E-state index in [0.717, 1.165) is 12.2 Å². The van der Waals surface area contributed by atoms with Crippen molar-refractivity contribution in [3.8, 4) is 0 Å². The largest absolute Gasteiger partial charge is 0.396 e. The molecule has 0 amide bonds. The van der Waals surface area contributed by atoms with Crippen molar-refractivity contribution in [2.75, 3.05) is 24.7 Å². The molecule has 0 saturated heterocycles. The zero-order valence-electron chi connectivity index (χ0n) is 9.06. The van der Waals surface area contributed by atoms with E-state index in [-0.39, 0.29) is 6.61 Å². The van der Waals surface area contributed by atoms with Gasteiger partial charge in [-0.25, -0.2) is 13.1 Å². The van der Waals surface area contributed by atoms with Crippen LogP contribution >= 0.6 is 39.0 Å². The topological polar surface area (TPSA) is 66.4 Å². The number of hydrogen-bond donors (Lipinski definition) is 2. The van der Waals surface area contributed by atoms with Gasteiger partial charge in [0.2, 0.25) is 0 Å². The van der Waals surface area contributed by atoms with E-state index >= 15 is 0 Å². The monoisotopic (exact) mass is 359 g/mol. The van der Waals surface area contributed by atoms with Crippen molar-refractivity contribution < 1.29 is 13.5 Å². The molecule has 0 radical (unpaired) electrons. The molecular formula is C9H14BrNO3S3. The van der Waals surface area contributed by atoms with Crippen LogP contribution in [0.1, 0.15) is 6.42 Å². The van der Waals surface area contributed by atoms with Crippen molar-refractivity contribution in [1.29, 1.82) is 0 Å². The Morgan fingerprint density at radius 2 is 2.24 bits per heavy atom. The Morgan fingerprint density at radius 3 is 2.82 bits per heavy atom. The van der Waals surface area contributed by atoms with Crippen LogP contribution in [0.2, 0.25) is 0 Å². The van der Waals surface area contributed by atoms with Crippen LogP contribution in [0.4, 0.5) is 0 Å². The average molecular weight is 360 g/mol. The van der Waals surface area contributed by atoms with Gasteiger partial charge in [0.25, 0.3) is 10.0 Å². The highest BCUT2D eigenvalue weighted by Crippen LogP contribution is 2.27. The first kappa shape index (κ1) is 15.5. The first-order valence-corrected chi connectivity index (χ1v) is 9.30. The van der Waals surface area contributed by atoms with Gasteiger partial charge >= 0.3 is 0 Å². The van der Waals surface area contributed by atoms with Gasteiger partial charge in [0.05, 0.1) is 0 Å². The molecule has 0 saturated carbocycles. The Labute approximate surface area is 118 Å². The van der Waals surface area contributed by atoms with Crippen molar-refractivity contribution in [3.63, 3.8) is 0 Å². The van der Waals surface area contributed by atoms with E-state index < -0.39 is 10.0 Å². The SMILES string of the molecule is O=S(=O)(NCCSCCCO)c1sccc1Br. The number of halogens is 1. The van der Waals surface area contributed by atoms with Gasteiger partial charge in [-0.2, -0.15) is 11.8 Å². The van der Waals surface area contributed by atoms with Gasteiger partial charge in [-0.05, 0) is 39.6 Å². The van der Waals surface area contributed by atoms with E-state index in [9.17, 15) is 8.42 Å². The number of rotatable bonds is 8. The highest BCUT2D eigenvalue weighted by atomic mass is 79.9. The third-order valence-corrected chi connectivity index (χ3v) is 7.01. The average Bonchev–Trinajstić information content (AvgIpc) is 2.70. The standard InChI is InChI=1S/C9H14BrNO3S3/c10-8-2-6-16-9(8)17(13,14)11-3-7-15-5-1-4-12/h2,6,11-12H,1,3-5,7H2. The fourth-order valence-corrected chi connectivity index (χ4v) is 5.38. The molecule has 0 fully saturated rings. The van der Waals surface area contributed by atoms with Crippen LogP contribution in [0.15, 0.2) is 20.1 Å². The lowest BCUT2D eigenvalue weighted by Crippen LogP contribution is -2.25. The lowest BCUT2D eigenvalue weighted by molar-refractivity contribution is 0.296. The molecule has 98 valence electrons. The molecule has 0 unspecified atom stereocenters. The number of hydrogen-bond acceptors (Lipinski definition) is 5. The molecule has 1 aromatic rings. The second kappa shape index (κ2) is 7.75. The van der Waals surface area contributed by atoms with E-state index in [1.54, 1.807) is 23.2 Å². The highest BCUT2D eigenvalue weighted by Gasteiger charge is 2.18. The van der Waals surface area contributed by atoms with E-state index in [2.05, 4.69) is 20.7 Å². The summed E-state index contributed by atoms with van der Waals surface area (Å²) in [6, 6.07) is 1.72. The van der Waals surface area contributed by atoms with Gasteiger partial charge in [-0.1, -0.05) is 0 Å². The molecule has 8 heteroatoms. The molecule has 1 heterocycles. The molecule has 0 aromatic carbocycles. The minimum atomic E-state index is -3.38. The number of thioether (sulfide) groups is 1. The summed E-state index contributed by atoms with van der Waals surface area (Å²) >= 11 is 6.02. The molecule has 1 rings (SSSR count). The van der Waals surface area contributed by atoms with Gasteiger partial charge < -0.3 is 5.11 Å². The minimum Gasteiger partial charge on any atom is -0.396 e. The zero-order valence-corrected chi connectivity index (χ0v) is 13.1. The molecule has 0 spiro atoms. The van der Waals surface area contributed by atoms with Crippen molar-refractivity contribution >= 4 is 49.1 Å². The smallest absolute Gasteiger partial charge is 0.251 e. The van der Waals surface area contributed by atoms with Crippen LogP contribution in [0.5, 0.6) is 0 Å². The van der Waals surface area contributed by atoms with Crippen LogP contribution in [0, 0.1) is 0 Å². The maximum Gasteiger partial charge on any atom is 0.251 e. The molecule has 17 heavy (non-hydrogen) atoms. The van der Waals surface area contributed by atoms with Gasteiger partial charge in [0.1, 0.15) is 4.21 Å². The number of aliphatic hydroxyl groups excluding tert-OH is 1. The molecule has 0 aliphatic carbocycles. The first-order valence-electron chi connectivity index (χ1n) is 4.99. The van der Waals surface area contributed by atoms with Gasteiger partial charge in [-0.3, -0.25) is 0 Å². The number of sulfonamides is 1. The molecular weight excluding hydrogens is 346 g/mol. The second-order valence-corrected chi connectivity index (χ2v) is 8.10. The van der Waals surface area contributed by atoms with Crippen LogP contribution in [-0.4, -0.2) is 38.2 Å². The van der Waals surface area contributed by atoms with Crippen LogP contribution in [-0.2, 0) is 10.0 Å². The summed E-state index contributed by atoms with van der Waals surface area (Å²) in [6.45, 7) is 0.587. The summed E-state index contributed by atoms with van der Waals surface area (Å²) in [5.41, 5.74) is 0. The van der Waals surface area contributed by atoms with Crippen LogP contribution < -0.4 is 4.72 Å². The summed E-state index contributed by atoms with van der Waals surface area (Å²) in [5, 5.41) is 10.3. The third kappa shape index (κ3) is 5.27. The zero-order chi connectivity index (χ0) is 12.7. The Bertz CT molecular complexity index is 432. The minimum absolute atomic E-state index is 0.181. The molecule has 4 nitrogen and oxygen atoms in total. The Morgan fingerprint density at radius 1 is 1.47 bits per heavy atom. The molecule has 0 atom stereocenters. The van der Waals surface area contributed by atoms with Crippen molar-refractivity contribution in [3.05, 3.63) is 15.9 Å². The first-order chi connectivity index (χ1) is 8.08. The Balaban J connectivity index is 2.34. The predicted molar refractivity (Wildman–Crippen MR) is 76.2 cm³/mol. The van der Waals surface area contributed by atoms with E-state index in [0.29, 0.717) is 21.0 Å². The normalized spacial score (nSPS) is 11.9. The van der Waals surface area contributed by atoms with E-state index in [1.807, 2.05) is 0 Å². The highest BCUT2D eigenvalue weighted by molar-refractivity contribution is 9.10. The van der Waals surface area contributed by atoms with Crippen molar-refractivity contribution in [1.82, 2.24) is 4.72 Å².